The van der Waals surface area contributed by atoms with Crippen LogP contribution in [0.1, 0.15) is 24.1 Å². The molecule has 1 aromatic carbocycles. The summed E-state index contributed by atoms with van der Waals surface area (Å²) >= 11 is 0. The van der Waals surface area contributed by atoms with Crippen LogP contribution < -0.4 is 5.32 Å². The van der Waals surface area contributed by atoms with Crippen molar-refractivity contribution in [3.8, 4) is 0 Å². The predicted octanol–water partition coefficient (Wildman–Crippen LogP) is 3.09. The molecule has 0 aliphatic carbocycles. The number of pyridine rings is 1. The third-order valence-electron chi connectivity index (χ3n) is 3.81. The number of imidazole rings is 1. The SMILES string of the molecule is CCNC(Cn1cnc2ccccc21)c1cnccc1C. The van der Waals surface area contributed by atoms with Gasteiger partial charge in [0.05, 0.1) is 23.4 Å². The minimum absolute atomic E-state index is 0.237. The second kappa shape index (κ2) is 6.06. The molecular formula is C17H20N4. The van der Waals surface area contributed by atoms with Gasteiger partial charge in [-0.25, -0.2) is 4.98 Å². The number of para-hydroxylation sites is 2. The Labute approximate surface area is 124 Å². The number of benzene rings is 1. The van der Waals surface area contributed by atoms with Crippen molar-refractivity contribution in [3.63, 3.8) is 0 Å². The Morgan fingerprint density at radius 1 is 1.24 bits per heavy atom. The lowest BCUT2D eigenvalue weighted by Crippen LogP contribution is -2.26. The summed E-state index contributed by atoms with van der Waals surface area (Å²) in [5.74, 6) is 0. The zero-order valence-electron chi connectivity index (χ0n) is 12.5. The molecule has 1 N–H and O–H groups in total. The van der Waals surface area contributed by atoms with E-state index in [2.05, 4.69) is 51.9 Å². The third-order valence-corrected chi connectivity index (χ3v) is 3.81. The van der Waals surface area contributed by atoms with Crippen molar-refractivity contribution >= 4 is 11.0 Å². The van der Waals surface area contributed by atoms with Crippen molar-refractivity contribution in [2.24, 2.45) is 0 Å². The van der Waals surface area contributed by atoms with E-state index in [9.17, 15) is 0 Å². The van der Waals surface area contributed by atoms with Gasteiger partial charge in [-0.15, -0.1) is 0 Å². The molecule has 0 spiro atoms. The average molecular weight is 280 g/mol. The summed E-state index contributed by atoms with van der Waals surface area (Å²) in [7, 11) is 0. The summed E-state index contributed by atoms with van der Waals surface area (Å²) in [6.45, 7) is 6.03. The molecule has 3 aromatic rings. The summed E-state index contributed by atoms with van der Waals surface area (Å²) in [4.78, 5) is 8.74. The Bertz CT molecular complexity index is 732. The van der Waals surface area contributed by atoms with E-state index < -0.39 is 0 Å². The summed E-state index contributed by atoms with van der Waals surface area (Å²) in [5, 5.41) is 3.55. The molecule has 0 aliphatic rings. The van der Waals surface area contributed by atoms with Gasteiger partial charge in [0.1, 0.15) is 0 Å². The van der Waals surface area contributed by atoms with Crippen molar-refractivity contribution in [1.29, 1.82) is 0 Å². The third kappa shape index (κ3) is 2.81. The topological polar surface area (TPSA) is 42.7 Å². The fourth-order valence-corrected chi connectivity index (χ4v) is 2.71. The molecule has 4 nitrogen and oxygen atoms in total. The molecule has 3 rings (SSSR count). The minimum Gasteiger partial charge on any atom is -0.329 e. The fraction of sp³-hybridized carbons (Fsp3) is 0.294. The number of fused-ring (bicyclic) bond motifs is 1. The van der Waals surface area contributed by atoms with Crippen LogP contribution in [0.25, 0.3) is 11.0 Å². The maximum absolute atomic E-state index is 4.47. The standard InChI is InChI=1S/C17H20N4/c1-3-19-16(14-10-18-9-8-13(14)2)11-21-12-20-15-6-4-5-7-17(15)21/h4-10,12,16,19H,3,11H2,1-2H3. The molecule has 0 aliphatic heterocycles. The van der Waals surface area contributed by atoms with Gasteiger partial charge in [-0.3, -0.25) is 4.98 Å². The number of aromatic nitrogens is 3. The molecule has 0 radical (unpaired) electrons. The molecule has 0 fully saturated rings. The second-order valence-electron chi connectivity index (χ2n) is 5.23. The lowest BCUT2D eigenvalue weighted by Gasteiger charge is -2.20. The van der Waals surface area contributed by atoms with E-state index in [1.165, 1.54) is 16.6 Å². The molecule has 2 aromatic heterocycles. The van der Waals surface area contributed by atoms with Crippen molar-refractivity contribution in [2.45, 2.75) is 26.4 Å². The highest BCUT2D eigenvalue weighted by atomic mass is 15.1. The van der Waals surface area contributed by atoms with Crippen molar-refractivity contribution in [2.75, 3.05) is 6.54 Å². The first kappa shape index (κ1) is 13.8. The molecule has 0 bridgehead atoms. The Morgan fingerprint density at radius 3 is 2.90 bits per heavy atom. The largest absolute Gasteiger partial charge is 0.329 e. The molecule has 108 valence electrons. The molecule has 2 heterocycles. The van der Waals surface area contributed by atoms with Gasteiger partial charge >= 0.3 is 0 Å². The van der Waals surface area contributed by atoms with Crippen molar-refractivity contribution in [1.82, 2.24) is 19.9 Å². The Kier molecular flexibility index (Phi) is 3.97. The van der Waals surface area contributed by atoms with Gasteiger partial charge in [-0.2, -0.15) is 0 Å². The molecule has 1 unspecified atom stereocenters. The average Bonchev–Trinajstić information content (AvgIpc) is 2.91. The summed E-state index contributed by atoms with van der Waals surface area (Å²) < 4.78 is 2.20. The highest BCUT2D eigenvalue weighted by molar-refractivity contribution is 5.74. The van der Waals surface area contributed by atoms with E-state index in [0.29, 0.717) is 0 Å². The van der Waals surface area contributed by atoms with Crippen LogP contribution in [0.3, 0.4) is 0 Å². The monoisotopic (exact) mass is 280 g/mol. The van der Waals surface area contributed by atoms with E-state index >= 15 is 0 Å². The number of hydrogen-bond donors (Lipinski definition) is 1. The molecule has 4 heteroatoms. The van der Waals surface area contributed by atoms with E-state index in [1.807, 2.05) is 30.9 Å². The van der Waals surface area contributed by atoms with Gasteiger partial charge in [-0.1, -0.05) is 19.1 Å². The van der Waals surface area contributed by atoms with Crippen LogP contribution >= 0.6 is 0 Å². The van der Waals surface area contributed by atoms with Crippen LogP contribution in [0.4, 0.5) is 0 Å². The summed E-state index contributed by atoms with van der Waals surface area (Å²) in [6, 6.07) is 10.5. The molecule has 0 saturated carbocycles. The van der Waals surface area contributed by atoms with Gasteiger partial charge in [0, 0.05) is 18.9 Å². The highest BCUT2D eigenvalue weighted by Gasteiger charge is 2.14. The first-order valence-electron chi connectivity index (χ1n) is 7.33. The molecular weight excluding hydrogens is 260 g/mol. The van der Waals surface area contributed by atoms with E-state index in [0.717, 1.165) is 18.6 Å². The van der Waals surface area contributed by atoms with Crippen LogP contribution in [0.5, 0.6) is 0 Å². The molecule has 21 heavy (non-hydrogen) atoms. The van der Waals surface area contributed by atoms with Crippen LogP contribution in [-0.4, -0.2) is 21.1 Å². The van der Waals surface area contributed by atoms with Gasteiger partial charge in [0.2, 0.25) is 0 Å². The summed E-state index contributed by atoms with van der Waals surface area (Å²) in [5.41, 5.74) is 4.72. The van der Waals surface area contributed by atoms with Gasteiger partial charge < -0.3 is 9.88 Å². The van der Waals surface area contributed by atoms with Crippen LogP contribution in [-0.2, 0) is 6.54 Å². The maximum Gasteiger partial charge on any atom is 0.0958 e. The normalized spacial score (nSPS) is 12.7. The van der Waals surface area contributed by atoms with Gasteiger partial charge in [0.25, 0.3) is 0 Å². The maximum atomic E-state index is 4.47. The first-order chi connectivity index (χ1) is 10.3. The Hall–Kier alpha value is -2.20. The lowest BCUT2D eigenvalue weighted by atomic mass is 10.0. The quantitative estimate of drug-likeness (QED) is 0.781. The Morgan fingerprint density at radius 2 is 2.10 bits per heavy atom. The van der Waals surface area contributed by atoms with E-state index in [1.54, 1.807) is 0 Å². The van der Waals surface area contributed by atoms with E-state index in [4.69, 9.17) is 0 Å². The second-order valence-corrected chi connectivity index (χ2v) is 5.23. The lowest BCUT2D eigenvalue weighted by molar-refractivity contribution is 0.478. The van der Waals surface area contributed by atoms with Crippen molar-refractivity contribution < 1.29 is 0 Å². The summed E-state index contributed by atoms with van der Waals surface area (Å²) in [6.07, 6.45) is 5.72. The number of aryl methyl sites for hydroxylation is 1. The number of hydrogen-bond acceptors (Lipinski definition) is 3. The Balaban J connectivity index is 1.94. The molecule has 0 saturated heterocycles. The smallest absolute Gasteiger partial charge is 0.0958 e. The molecule has 1 atom stereocenters. The fourth-order valence-electron chi connectivity index (χ4n) is 2.71. The first-order valence-corrected chi connectivity index (χ1v) is 7.33. The van der Waals surface area contributed by atoms with Crippen molar-refractivity contribution in [3.05, 3.63) is 60.2 Å². The van der Waals surface area contributed by atoms with E-state index in [-0.39, 0.29) is 6.04 Å². The zero-order valence-corrected chi connectivity index (χ0v) is 12.5. The zero-order chi connectivity index (χ0) is 14.7. The number of rotatable bonds is 5. The number of likely N-dealkylation sites (N-methyl/N-ethyl adjacent to an activating group) is 1. The minimum atomic E-state index is 0.237. The van der Waals surface area contributed by atoms with Crippen LogP contribution in [0.2, 0.25) is 0 Å². The number of nitrogens with one attached hydrogen (secondary N) is 1. The predicted molar refractivity (Wildman–Crippen MR) is 85.1 cm³/mol. The number of nitrogens with zero attached hydrogens (tertiary/aromatic N) is 3. The van der Waals surface area contributed by atoms with Crippen LogP contribution in [0.15, 0.2) is 49.1 Å². The van der Waals surface area contributed by atoms with Gasteiger partial charge in [-0.05, 0) is 42.8 Å². The van der Waals surface area contributed by atoms with Gasteiger partial charge in [0.15, 0.2) is 0 Å². The molecule has 0 amide bonds. The highest BCUT2D eigenvalue weighted by Crippen LogP contribution is 2.21. The van der Waals surface area contributed by atoms with Crippen LogP contribution in [0, 0.1) is 6.92 Å².